The van der Waals surface area contributed by atoms with Crippen LogP contribution in [0.3, 0.4) is 0 Å². The summed E-state index contributed by atoms with van der Waals surface area (Å²) in [6.07, 6.45) is 2.78. The Balaban J connectivity index is 1.56. The van der Waals surface area contributed by atoms with E-state index < -0.39 is 0 Å². The standard InChI is InChI=1S/C19H25N3O2/c1-23-17-6-5-7-18(24-2)16(17)9-11-21-12-14-22(15-13-21)19-8-3-4-10-20-19/h3-8,10H,9,11-15H2,1-2H3. The number of hydrogen-bond donors (Lipinski definition) is 0. The van der Waals surface area contributed by atoms with Crippen LogP contribution in [0.4, 0.5) is 5.82 Å². The molecule has 2 heterocycles. The second kappa shape index (κ2) is 8.02. The summed E-state index contributed by atoms with van der Waals surface area (Å²) < 4.78 is 11.0. The third kappa shape index (κ3) is 3.79. The van der Waals surface area contributed by atoms with Crippen LogP contribution in [-0.2, 0) is 6.42 Å². The summed E-state index contributed by atoms with van der Waals surface area (Å²) in [6.45, 7) is 5.13. The molecular weight excluding hydrogens is 302 g/mol. The van der Waals surface area contributed by atoms with Gasteiger partial charge in [-0.05, 0) is 30.7 Å². The van der Waals surface area contributed by atoms with E-state index in [4.69, 9.17) is 9.47 Å². The average Bonchev–Trinajstić information content (AvgIpc) is 2.67. The fraction of sp³-hybridized carbons (Fsp3) is 0.421. The van der Waals surface area contributed by atoms with Crippen LogP contribution in [0.25, 0.3) is 0 Å². The molecule has 5 nitrogen and oxygen atoms in total. The lowest BCUT2D eigenvalue weighted by Crippen LogP contribution is -2.47. The second-order valence-electron chi connectivity index (χ2n) is 5.91. The number of nitrogens with zero attached hydrogens (tertiary/aromatic N) is 3. The van der Waals surface area contributed by atoms with Gasteiger partial charge in [0.1, 0.15) is 17.3 Å². The Hall–Kier alpha value is -2.27. The Bertz CT molecular complexity index is 618. The van der Waals surface area contributed by atoms with E-state index in [0.29, 0.717) is 0 Å². The van der Waals surface area contributed by atoms with Gasteiger partial charge in [-0.3, -0.25) is 4.90 Å². The lowest BCUT2D eigenvalue weighted by molar-refractivity contribution is 0.258. The predicted molar refractivity (Wildman–Crippen MR) is 96.1 cm³/mol. The molecule has 1 aromatic heterocycles. The Kier molecular flexibility index (Phi) is 5.54. The normalized spacial score (nSPS) is 15.3. The summed E-state index contributed by atoms with van der Waals surface area (Å²) in [6, 6.07) is 12.0. The monoisotopic (exact) mass is 327 g/mol. The van der Waals surface area contributed by atoms with Crippen molar-refractivity contribution in [3.8, 4) is 11.5 Å². The van der Waals surface area contributed by atoms with Crippen LogP contribution in [0.5, 0.6) is 11.5 Å². The highest BCUT2D eigenvalue weighted by atomic mass is 16.5. The van der Waals surface area contributed by atoms with Crippen LogP contribution in [0.1, 0.15) is 5.56 Å². The first-order valence-electron chi connectivity index (χ1n) is 8.40. The van der Waals surface area contributed by atoms with Crippen molar-refractivity contribution < 1.29 is 9.47 Å². The molecule has 0 radical (unpaired) electrons. The van der Waals surface area contributed by atoms with Crippen molar-refractivity contribution in [2.75, 3.05) is 51.8 Å². The van der Waals surface area contributed by atoms with E-state index in [1.807, 2.05) is 36.5 Å². The van der Waals surface area contributed by atoms with Crippen LogP contribution in [0.15, 0.2) is 42.6 Å². The number of pyridine rings is 1. The molecule has 0 N–H and O–H groups in total. The van der Waals surface area contributed by atoms with Crippen LogP contribution < -0.4 is 14.4 Å². The molecule has 24 heavy (non-hydrogen) atoms. The summed E-state index contributed by atoms with van der Waals surface area (Å²) in [5.41, 5.74) is 1.15. The van der Waals surface area contributed by atoms with E-state index in [-0.39, 0.29) is 0 Å². The van der Waals surface area contributed by atoms with E-state index in [2.05, 4.69) is 20.9 Å². The maximum atomic E-state index is 5.49. The molecule has 1 fully saturated rings. The van der Waals surface area contributed by atoms with Crippen molar-refractivity contribution in [3.63, 3.8) is 0 Å². The molecule has 1 aliphatic rings. The number of aromatic nitrogens is 1. The zero-order valence-electron chi connectivity index (χ0n) is 14.4. The summed E-state index contributed by atoms with van der Waals surface area (Å²) in [5, 5.41) is 0. The van der Waals surface area contributed by atoms with E-state index in [9.17, 15) is 0 Å². The van der Waals surface area contributed by atoms with Gasteiger partial charge in [-0.25, -0.2) is 4.98 Å². The quantitative estimate of drug-likeness (QED) is 0.815. The third-order valence-electron chi connectivity index (χ3n) is 4.55. The minimum absolute atomic E-state index is 0.904. The van der Waals surface area contributed by atoms with Crippen molar-refractivity contribution in [2.24, 2.45) is 0 Å². The molecule has 5 heteroatoms. The van der Waals surface area contributed by atoms with Gasteiger partial charge in [-0.1, -0.05) is 12.1 Å². The zero-order chi connectivity index (χ0) is 16.8. The minimum Gasteiger partial charge on any atom is -0.496 e. The Morgan fingerprint density at radius 1 is 0.917 bits per heavy atom. The van der Waals surface area contributed by atoms with E-state index in [1.54, 1.807) is 14.2 Å². The third-order valence-corrected chi connectivity index (χ3v) is 4.55. The molecule has 0 unspecified atom stereocenters. The van der Waals surface area contributed by atoms with Crippen LogP contribution in [-0.4, -0.2) is 56.8 Å². The van der Waals surface area contributed by atoms with Gasteiger partial charge >= 0.3 is 0 Å². The maximum absolute atomic E-state index is 5.49. The van der Waals surface area contributed by atoms with Gasteiger partial charge in [-0.2, -0.15) is 0 Å². The van der Waals surface area contributed by atoms with Crippen LogP contribution in [0, 0.1) is 0 Å². The molecular formula is C19H25N3O2. The second-order valence-corrected chi connectivity index (χ2v) is 5.91. The lowest BCUT2D eigenvalue weighted by Gasteiger charge is -2.35. The summed E-state index contributed by atoms with van der Waals surface area (Å²) in [4.78, 5) is 9.28. The molecule has 2 aromatic rings. The molecule has 3 rings (SSSR count). The lowest BCUT2D eigenvalue weighted by atomic mass is 10.1. The molecule has 0 bridgehead atoms. The average molecular weight is 327 g/mol. The first-order valence-corrected chi connectivity index (χ1v) is 8.40. The molecule has 128 valence electrons. The van der Waals surface area contributed by atoms with Gasteiger partial charge in [-0.15, -0.1) is 0 Å². The molecule has 0 saturated carbocycles. The zero-order valence-corrected chi connectivity index (χ0v) is 14.4. The molecule has 0 atom stereocenters. The fourth-order valence-corrected chi connectivity index (χ4v) is 3.19. The van der Waals surface area contributed by atoms with Gasteiger partial charge in [0.15, 0.2) is 0 Å². The number of hydrogen-bond acceptors (Lipinski definition) is 5. The van der Waals surface area contributed by atoms with Crippen LogP contribution >= 0.6 is 0 Å². The number of ether oxygens (including phenoxy) is 2. The largest absolute Gasteiger partial charge is 0.496 e. The molecule has 0 spiro atoms. The Morgan fingerprint density at radius 2 is 1.62 bits per heavy atom. The highest BCUT2D eigenvalue weighted by Crippen LogP contribution is 2.28. The molecule has 0 aliphatic carbocycles. The Morgan fingerprint density at radius 3 is 2.21 bits per heavy atom. The van der Waals surface area contributed by atoms with Crippen molar-refractivity contribution in [1.29, 1.82) is 0 Å². The maximum Gasteiger partial charge on any atom is 0.128 e. The van der Waals surface area contributed by atoms with E-state index >= 15 is 0 Å². The molecule has 0 amide bonds. The number of piperazine rings is 1. The number of methoxy groups -OCH3 is 2. The van der Waals surface area contributed by atoms with Crippen LogP contribution in [0.2, 0.25) is 0 Å². The van der Waals surface area contributed by atoms with Crippen molar-refractivity contribution in [2.45, 2.75) is 6.42 Å². The number of rotatable bonds is 6. The van der Waals surface area contributed by atoms with Crippen molar-refractivity contribution in [1.82, 2.24) is 9.88 Å². The highest BCUT2D eigenvalue weighted by Gasteiger charge is 2.19. The van der Waals surface area contributed by atoms with Gasteiger partial charge in [0.2, 0.25) is 0 Å². The minimum atomic E-state index is 0.904. The van der Waals surface area contributed by atoms with Gasteiger partial charge in [0, 0.05) is 44.5 Å². The molecule has 1 aromatic carbocycles. The number of benzene rings is 1. The highest BCUT2D eigenvalue weighted by molar-refractivity contribution is 5.45. The predicted octanol–water partition coefficient (Wildman–Crippen LogP) is 2.46. The van der Waals surface area contributed by atoms with Gasteiger partial charge in [0.05, 0.1) is 14.2 Å². The number of anilines is 1. The summed E-state index contributed by atoms with van der Waals surface area (Å²) >= 11 is 0. The first-order chi connectivity index (χ1) is 11.8. The Labute approximate surface area is 143 Å². The van der Waals surface area contributed by atoms with Crippen molar-refractivity contribution in [3.05, 3.63) is 48.2 Å². The van der Waals surface area contributed by atoms with Gasteiger partial charge in [0.25, 0.3) is 0 Å². The van der Waals surface area contributed by atoms with E-state index in [1.165, 1.54) is 0 Å². The molecule has 1 saturated heterocycles. The summed E-state index contributed by atoms with van der Waals surface area (Å²) in [7, 11) is 3.42. The summed E-state index contributed by atoms with van der Waals surface area (Å²) in [5.74, 6) is 2.88. The van der Waals surface area contributed by atoms with Crippen molar-refractivity contribution >= 4 is 5.82 Å². The first kappa shape index (κ1) is 16.6. The smallest absolute Gasteiger partial charge is 0.128 e. The SMILES string of the molecule is COc1cccc(OC)c1CCN1CCN(c2ccccn2)CC1. The van der Waals surface area contributed by atoms with E-state index in [0.717, 1.165) is 62.0 Å². The topological polar surface area (TPSA) is 37.8 Å². The fourth-order valence-electron chi connectivity index (χ4n) is 3.19. The molecule has 1 aliphatic heterocycles. The van der Waals surface area contributed by atoms with Gasteiger partial charge < -0.3 is 14.4 Å².